The molecule has 5 aromatic carbocycles. The van der Waals surface area contributed by atoms with Crippen molar-refractivity contribution < 1.29 is 0 Å². The number of nitrogens with one attached hydrogen (secondary N) is 1. The Balaban J connectivity index is 1.15. The van der Waals surface area contributed by atoms with Crippen molar-refractivity contribution in [3.05, 3.63) is 204 Å². The van der Waals surface area contributed by atoms with Crippen molar-refractivity contribution >= 4 is 50.6 Å². The number of aromatic nitrogens is 1. The van der Waals surface area contributed by atoms with Gasteiger partial charge in [-0.15, -0.1) is 0 Å². The predicted octanol–water partition coefficient (Wildman–Crippen LogP) is 13.3. The maximum Gasteiger partial charge on any atom is 0.0537 e. The molecule has 0 aliphatic heterocycles. The summed E-state index contributed by atoms with van der Waals surface area (Å²) in [4.78, 5) is 0. The van der Waals surface area contributed by atoms with E-state index >= 15 is 0 Å². The SMILES string of the molecule is C=C(/C=C\C=C/C)c1cc(C2=Cc3c(c4ccccc4n3-c3ccc(C4=CC=C(c5ccccc5)CC4)cc3)CC2)ccc1Nc1ccccc1. The molecule has 1 heterocycles. The van der Waals surface area contributed by atoms with Crippen LogP contribution in [0.2, 0.25) is 0 Å². The van der Waals surface area contributed by atoms with Gasteiger partial charge in [0, 0.05) is 28.0 Å². The highest BCUT2D eigenvalue weighted by atomic mass is 15.0. The van der Waals surface area contributed by atoms with Gasteiger partial charge in [0.25, 0.3) is 0 Å². The van der Waals surface area contributed by atoms with E-state index < -0.39 is 0 Å². The molecule has 2 nitrogen and oxygen atoms in total. The van der Waals surface area contributed by atoms with Crippen molar-refractivity contribution in [2.75, 3.05) is 5.32 Å². The van der Waals surface area contributed by atoms with Gasteiger partial charge >= 0.3 is 0 Å². The number of hydrogen-bond acceptors (Lipinski definition) is 1. The molecule has 2 heteroatoms. The van der Waals surface area contributed by atoms with Crippen LogP contribution in [0.25, 0.3) is 45.0 Å². The summed E-state index contributed by atoms with van der Waals surface area (Å²) >= 11 is 0. The van der Waals surface area contributed by atoms with E-state index in [2.05, 4.69) is 168 Å². The molecule has 2 aliphatic rings. The van der Waals surface area contributed by atoms with E-state index in [0.29, 0.717) is 0 Å². The van der Waals surface area contributed by atoms with Crippen LogP contribution >= 0.6 is 0 Å². The number of benzene rings is 5. The van der Waals surface area contributed by atoms with Crippen molar-refractivity contribution in [3.8, 4) is 5.69 Å². The first-order chi connectivity index (χ1) is 25.2. The van der Waals surface area contributed by atoms with Crippen LogP contribution < -0.4 is 5.32 Å². The van der Waals surface area contributed by atoms with Gasteiger partial charge in [0.05, 0.1) is 11.2 Å². The molecule has 2 aliphatic carbocycles. The fourth-order valence-electron chi connectivity index (χ4n) is 7.51. The van der Waals surface area contributed by atoms with E-state index in [1.54, 1.807) is 0 Å². The van der Waals surface area contributed by atoms with Gasteiger partial charge in [0.1, 0.15) is 0 Å². The third-order valence-electron chi connectivity index (χ3n) is 10.2. The van der Waals surface area contributed by atoms with Crippen molar-refractivity contribution in [3.63, 3.8) is 0 Å². The van der Waals surface area contributed by atoms with Gasteiger partial charge in [-0.2, -0.15) is 0 Å². The molecule has 0 fully saturated rings. The second-order valence-corrected chi connectivity index (χ2v) is 13.3. The van der Waals surface area contributed by atoms with Crippen LogP contribution in [0.4, 0.5) is 11.4 Å². The Morgan fingerprint density at radius 2 is 1.29 bits per heavy atom. The highest BCUT2D eigenvalue weighted by Gasteiger charge is 2.22. The summed E-state index contributed by atoms with van der Waals surface area (Å²) in [5.41, 5.74) is 17.3. The lowest BCUT2D eigenvalue weighted by molar-refractivity contribution is 0.980. The highest BCUT2D eigenvalue weighted by molar-refractivity contribution is 5.96. The quantitative estimate of drug-likeness (QED) is 0.153. The van der Waals surface area contributed by atoms with Gasteiger partial charge in [-0.3, -0.25) is 0 Å². The molecule has 0 spiro atoms. The van der Waals surface area contributed by atoms with Crippen LogP contribution in [0.1, 0.15) is 59.7 Å². The fraction of sp³-hybridized carbons (Fsp3) is 0.102. The first-order valence-electron chi connectivity index (χ1n) is 18.0. The summed E-state index contributed by atoms with van der Waals surface area (Å²) in [7, 11) is 0. The molecule has 0 radical (unpaired) electrons. The molecule has 1 aromatic heterocycles. The van der Waals surface area contributed by atoms with Gasteiger partial charge in [-0.1, -0.05) is 128 Å². The van der Waals surface area contributed by atoms with E-state index in [-0.39, 0.29) is 0 Å². The first kappa shape index (κ1) is 32.1. The zero-order valence-electron chi connectivity index (χ0n) is 29.1. The standard InChI is InChI=1S/C49H42N2/c1-3-4-7-14-35(2)46-33-40(28-32-47(46)50-42-17-10-6-11-18-42)41-27-31-45-44-19-12-13-20-48(44)51(49(45)34-41)43-29-25-39(26-30-43)38-23-21-37(22-24-38)36-15-8-5-9-16-36/h3-21,23,25-26,28-30,32-34,50H,2,22,24,27,31H2,1H3/b4-3-,14-7-. The lowest BCUT2D eigenvalue weighted by Crippen LogP contribution is -2.04. The summed E-state index contributed by atoms with van der Waals surface area (Å²) in [5.74, 6) is 0. The van der Waals surface area contributed by atoms with E-state index in [4.69, 9.17) is 0 Å². The molecule has 6 aromatic rings. The van der Waals surface area contributed by atoms with Crippen molar-refractivity contribution in [1.29, 1.82) is 0 Å². The first-order valence-corrected chi connectivity index (χ1v) is 18.0. The maximum absolute atomic E-state index is 4.47. The Labute approximate surface area is 301 Å². The normalized spacial score (nSPS) is 14.3. The molecule has 0 saturated heterocycles. The number of nitrogens with zero attached hydrogens (tertiary/aromatic N) is 1. The topological polar surface area (TPSA) is 17.0 Å². The van der Waals surface area contributed by atoms with Crippen LogP contribution in [0.15, 0.2) is 170 Å². The van der Waals surface area contributed by atoms with Gasteiger partial charge in [0.2, 0.25) is 0 Å². The maximum atomic E-state index is 4.47. The number of hydrogen-bond donors (Lipinski definition) is 1. The second-order valence-electron chi connectivity index (χ2n) is 13.3. The highest BCUT2D eigenvalue weighted by Crippen LogP contribution is 2.40. The molecule has 0 saturated carbocycles. The van der Waals surface area contributed by atoms with E-state index in [1.807, 2.05) is 25.1 Å². The van der Waals surface area contributed by atoms with Crippen molar-refractivity contribution in [2.24, 2.45) is 0 Å². The fourth-order valence-corrected chi connectivity index (χ4v) is 7.51. The van der Waals surface area contributed by atoms with Crippen LogP contribution in [0.5, 0.6) is 0 Å². The number of fused-ring (bicyclic) bond motifs is 3. The van der Waals surface area contributed by atoms with Crippen molar-refractivity contribution in [2.45, 2.75) is 32.6 Å². The monoisotopic (exact) mass is 658 g/mol. The van der Waals surface area contributed by atoms with Gasteiger partial charge in [0.15, 0.2) is 0 Å². The summed E-state index contributed by atoms with van der Waals surface area (Å²) in [6.45, 7) is 6.50. The van der Waals surface area contributed by atoms with E-state index in [9.17, 15) is 0 Å². The summed E-state index contributed by atoms with van der Waals surface area (Å²) < 4.78 is 2.46. The van der Waals surface area contributed by atoms with Crippen LogP contribution in [0.3, 0.4) is 0 Å². The molecule has 51 heavy (non-hydrogen) atoms. The van der Waals surface area contributed by atoms with Gasteiger partial charge in [-0.05, 0) is 126 Å². The van der Waals surface area contributed by atoms with Crippen LogP contribution in [-0.2, 0) is 6.42 Å². The summed E-state index contributed by atoms with van der Waals surface area (Å²) in [5, 5.41) is 4.97. The van der Waals surface area contributed by atoms with Gasteiger partial charge < -0.3 is 9.88 Å². The smallest absolute Gasteiger partial charge is 0.0537 e. The molecule has 248 valence electrons. The number of anilines is 2. The Kier molecular flexibility index (Phi) is 9.06. The zero-order chi connectivity index (χ0) is 34.6. The Morgan fingerprint density at radius 1 is 0.647 bits per heavy atom. The molecule has 8 rings (SSSR count). The zero-order valence-corrected chi connectivity index (χ0v) is 29.1. The molecule has 0 atom stereocenters. The van der Waals surface area contributed by atoms with E-state index in [0.717, 1.165) is 48.2 Å². The Bertz CT molecular complexity index is 2380. The number of aryl methyl sites for hydroxylation is 1. The molecule has 0 unspecified atom stereocenters. The molecule has 0 bridgehead atoms. The molecular weight excluding hydrogens is 617 g/mol. The minimum atomic E-state index is 0.972. The number of para-hydroxylation sites is 2. The van der Waals surface area contributed by atoms with Crippen molar-refractivity contribution in [1.82, 2.24) is 4.57 Å². The third-order valence-corrected chi connectivity index (χ3v) is 10.2. The summed E-state index contributed by atoms with van der Waals surface area (Å²) in [6.07, 6.45) is 19.3. The van der Waals surface area contributed by atoms with E-state index in [1.165, 1.54) is 61.3 Å². The number of rotatable bonds is 9. The Morgan fingerprint density at radius 3 is 2.02 bits per heavy atom. The average Bonchev–Trinajstić information content (AvgIpc) is 3.52. The predicted molar refractivity (Wildman–Crippen MR) is 220 cm³/mol. The van der Waals surface area contributed by atoms with Crippen LogP contribution in [0, 0.1) is 0 Å². The molecule has 0 amide bonds. The number of allylic oxidation sites excluding steroid dienone is 10. The largest absolute Gasteiger partial charge is 0.355 e. The van der Waals surface area contributed by atoms with Crippen LogP contribution in [-0.4, -0.2) is 4.57 Å². The minimum absolute atomic E-state index is 0.972. The third kappa shape index (κ3) is 6.61. The molecular formula is C49H42N2. The molecule has 1 N–H and O–H groups in total. The lowest BCUT2D eigenvalue weighted by atomic mass is 9.89. The van der Waals surface area contributed by atoms with Gasteiger partial charge in [-0.25, -0.2) is 0 Å². The second kappa shape index (κ2) is 14.4. The summed E-state index contributed by atoms with van der Waals surface area (Å²) in [6, 6.07) is 45.9. The minimum Gasteiger partial charge on any atom is -0.355 e. The Hall–Kier alpha value is -6.12. The average molecular weight is 659 g/mol. The lowest BCUT2D eigenvalue weighted by Gasteiger charge is -2.20.